The van der Waals surface area contributed by atoms with Gasteiger partial charge in [-0.3, -0.25) is 0 Å². The Morgan fingerprint density at radius 1 is 1.31 bits per heavy atom. The standard InChI is InChI=1S/C9H15F3O/c1-3-13-8(2,9(10,11)12)7-5-4-6-7/h7H,3-6H2,1-2H3. The van der Waals surface area contributed by atoms with Gasteiger partial charge < -0.3 is 4.74 Å². The third kappa shape index (κ3) is 1.82. The van der Waals surface area contributed by atoms with E-state index in [1.54, 1.807) is 6.92 Å². The van der Waals surface area contributed by atoms with Crippen molar-refractivity contribution < 1.29 is 17.9 Å². The van der Waals surface area contributed by atoms with E-state index < -0.39 is 11.8 Å². The number of ether oxygens (including phenoxy) is 1. The minimum atomic E-state index is -4.24. The van der Waals surface area contributed by atoms with E-state index in [-0.39, 0.29) is 12.5 Å². The van der Waals surface area contributed by atoms with Crippen LogP contribution in [0.1, 0.15) is 33.1 Å². The average molecular weight is 196 g/mol. The zero-order chi connectivity index (χ0) is 10.1. The molecule has 1 nitrogen and oxygen atoms in total. The van der Waals surface area contributed by atoms with E-state index >= 15 is 0 Å². The molecule has 1 aliphatic rings. The molecule has 1 unspecified atom stereocenters. The molecular weight excluding hydrogens is 181 g/mol. The maximum Gasteiger partial charge on any atom is 0.417 e. The van der Waals surface area contributed by atoms with Crippen molar-refractivity contribution in [2.75, 3.05) is 6.61 Å². The lowest BCUT2D eigenvalue weighted by molar-refractivity contribution is -0.296. The van der Waals surface area contributed by atoms with Crippen LogP contribution in [0.3, 0.4) is 0 Å². The summed E-state index contributed by atoms with van der Waals surface area (Å²) in [6.45, 7) is 2.88. The Bertz CT molecular complexity index is 174. The zero-order valence-electron chi connectivity index (χ0n) is 7.95. The van der Waals surface area contributed by atoms with Crippen molar-refractivity contribution in [2.24, 2.45) is 5.92 Å². The smallest absolute Gasteiger partial charge is 0.366 e. The van der Waals surface area contributed by atoms with Crippen LogP contribution in [-0.2, 0) is 4.74 Å². The highest BCUT2D eigenvalue weighted by Gasteiger charge is 2.58. The van der Waals surface area contributed by atoms with E-state index in [4.69, 9.17) is 4.74 Å². The lowest BCUT2D eigenvalue weighted by atomic mass is 9.73. The highest BCUT2D eigenvalue weighted by molar-refractivity contribution is 4.94. The zero-order valence-corrected chi connectivity index (χ0v) is 7.95. The van der Waals surface area contributed by atoms with Crippen LogP contribution >= 0.6 is 0 Å². The van der Waals surface area contributed by atoms with E-state index in [1.807, 2.05) is 0 Å². The van der Waals surface area contributed by atoms with Gasteiger partial charge in [0.05, 0.1) is 0 Å². The van der Waals surface area contributed by atoms with Crippen LogP contribution < -0.4 is 0 Å². The lowest BCUT2D eigenvalue weighted by Gasteiger charge is -2.43. The summed E-state index contributed by atoms with van der Waals surface area (Å²) in [5, 5.41) is 0. The van der Waals surface area contributed by atoms with Crippen molar-refractivity contribution in [3.05, 3.63) is 0 Å². The highest BCUT2D eigenvalue weighted by Crippen LogP contribution is 2.47. The first-order valence-electron chi connectivity index (χ1n) is 4.62. The Morgan fingerprint density at radius 2 is 1.85 bits per heavy atom. The largest absolute Gasteiger partial charge is 0.417 e. The molecule has 0 saturated heterocycles. The maximum atomic E-state index is 12.6. The molecule has 0 aromatic rings. The second-order valence-corrected chi connectivity index (χ2v) is 3.67. The Balaban J connectivity index is 2.73. The predicted molar refractivity (Wildman–Crippen MR) is 43.4 cm³/mol. The third-order valence-electron chi connectivity index (χ3n) is 2.89. The monoisotopic (exact) mass is 196 g/mol. The second-order valence-electron chi connectivity index (χ2n) is 3.67. The van der Waals surface area contributed by atoms with Gasteiger partial charge in [-0.2, -0.15) is 13.2 Å². The average Bonchev–Trinajstić information content (AvgIpc) is 1.80. The van der Waals surface area contributed by atoms with Crippen LogP contribution in [0.4, 0.5) is 13.2 Å². The summed E-state index contributed by atoms with van der Waals surface area (Å²) >= 11 is 0. The van der Waals surface area contributed by atoms with Gasteiger partial charge in [0.1, 0.15) is 0 Å². The summed E-state index contributed by atoms with van der Waals surface area (Å²) in [6, 6.07) is 0. The third-order valence-corrected chi connectivity index (χ3v) is 2.89. The Labute approximate surface area is 76.3 Å². The molecule has 0 aromatic carbocycles. The molecule has 1 aliphatic carbocycles. The summed E-state index contributed by atoms with van der Waals surface area (Å²) < 4.78 is 42.8. The van der Waals surface area contributed by atoms with Crippen LogP contribution in [0.5, 0.6) is 0 Å². The van der Waals surface area contributed by atoms with Crippen LogP contribution in [0.25, 0.3) is 0 Å². The van der Waals surface area contributed by atoms with E-state index in [0.717, 1.165) is 6.42 Å². The number of halogens is 3. The predicted octanol–water partition coefficient (Wildman–Crippen LogP) is 3.14. The summed E-state index contributed by atoms with van der Waals surface area (Å²) in [6.07, 6.45) is -2.08. The van der Waals surface area contributed by atoms with E-state index in [1.165, 1.54) is 6.92 Å². The van der Waals surface area contributed by atoms with Gasteiger partial charge in [-0.05, 0) is 32.6 Å². The van der Waals surface area contributed by atoms with Crippen molar-refractivity contribution in [2.45, 2.75) is 44.9 Å². The van der Waals surface area contributed by atoms with E-state index in [9.17, 15) is 13.2 Å². The number of alkyl halides is 3. The van der Waals surface area contributed by atoms with Crippen molar-refractivity contribution in [3.8, 4) is 0 Å². The fraction of sp³-hybridized carbons (Fsp3) is 1.00. The number of hydrogen-bond donors (Lipinski definition) is 0. The Hall–Kier alpha value is -0.250. The van der Waals surface area contributed by atoms with Gasteiger partial charge in [0, 0.05) is 6.61 Å². The van der Waals surface area contributed by atoms with Crippen LogP contribution in [0, 0.1) is 5.92 Å². The molecule has 0 aromatic heterocycles. The summed E-state index contributed by atoms with van der Waals surface area (Å²) in [5.74, 6) is -0.340. The summed E-state index contributed by atoms with van der Waals surface area (Å²) in [5.41, 5.74) is -1.92. The fourth-order valence-electron chi connectivity index (χ4n) is 1.69. The maximum absolute atomic E-state index is 12.6. The van der Waals surface area contributed by atoms with Crippen LogP contribution in [0.2, 0.25) is 0 Å². The molecule has 0 N–H and O–H groups in total. The van der Waals surface area contributed by atoms with Gasteiger partial charge >= 0.3 is 6.18 Å². The second kappa shape index (κ2) is 3.48. The van der Waals surface area contributed by atoms with Crippen molar-refractivity contribution in [1.82, 2.24) is 0 Å². The molecule has 0 radical (unpaired) electrons. The molecule has 0 aliphatic heterocycles. The molecule has 13 heavy (non-hydrogen) atoms. The normalized spacial score (nSPS) is 23.8. The molecule has 0 amide bonds. The molecule has 1 saturated carbocycles. The highest BCUT2D eigenvalue weighted by atomic mass is 19.4. The molecule has 0 spiro atoms. The minimum Gasteiger partial charge on any atom is -0.366 e. The van der Waals surface area contributed by atoms with Gasteiger partial charge in [-0.15, -0.1) is 0 Å². The quantitative estimate of drug-likeness (QED) is 0.673. The molecule has 1 rings (SSSR count). The van der Waals surface area contributed by atoms with Crippen molar-refractivity contribution in [1.29, 1.82) is 0 Å². The van der Waals surface area contributed by atoms with E-state index in [2.05, 4.69) is 0 Å². The SMILES string of the molecule is CCOC(C)(C1CCC1)C(F)(F)F. The lowest BCUT2D eigenvalue weighted by Crippen LogP contribution is -2.53. The molecule has 4 heteroatoms. The van der Waals surface area contributed by atoms with E-state index in [0.29, 0.717) is 12.8 Å². The first-order valence-corrected chi connectivity index (χ1v) is 4.62. The molecular formula is C9H15F3O. The summed E-state index contributed by atoms with van der Waals surface area (Å²) in [4.78, 5) is 0. The number of rotatable bonds is 3. The van der Waals surface area contributed by atoms with Gasteiger partial charge in [0.25, 0.3) is 0 Å². The summed E-state index contributed by atoms with van der Waals surface area (Å²) in [7, 11) is 0. The molecule has 0 bridgehead atoms. The first-order chi connectivity index (χ1) is 5.92. The topological polar surface area (TPSA) is 9.23 Å². The van der Waals surface area contributed by atoms with Gasteiger partial charge in [-0.25, -0.2) is 0 Å². The van der Waals surface area contributed by atoms with Gasteiger partial charge in [0.15, 0.2) is 5.60 Å². The van der Waals surface area contributed by atoms with Crippen molar-refractivity contribution >= 4 is 0 Å². The minimum absolute atomic E-state index is 0.118. The molecule has 0 heterocycles. The Kier molecular flexibility index (Phi) is 2.90. The Morgan fingerprint density at radius 3 is 2.08 bits per heavy atom. The molecule has 1 atom stereocenters. The van der Waals surface area contributed by atoms with Crippen LogP contribution in [0.15, 0.2) is 0 Å². The van der Waals surface area contributed by atoms with Gasteiger partial charge in [0.2, 0.25) is 0 Å². The molecule has 1 fully saturated rings. The fourth-order valence-corrected chi connectivity index (χ4v) is 1.69. The van der Waals surface area contributed by atoms with Crippen LogP contribution in [-0.4, -0.2) is 18.4 Å². The first kappa shape index (κ1) is 10.8. The van der Waals surface area contributed by atoms with Gasteiger partial charge in [-0.1, -0.05) is 6.42 Å². The molecule has 78 valence electrons. The van der Waals surface area contributed by atoms with Crippen molar-refractivity contribution in [3.63, 3.8) is 0 Å². The number of hydrogen-bond acceptors (Lipinski definition) is 1.